The van der Waals surface area contributed by atoms with E-state index in [4.69, 9.17) is 22.7 Å². The lowest BCUT2D eigenvalue weighted by Crippen LogP contribution is -2.26. The lowest BCUT2D eigenvalue weighted by molar-refractivity contribution is 0.329. The molecule has 1 aromatic heterocycles. The molecule has 0 radical (unpaired) electrons. The molecule has 0 aliphatic carbocycles. The maximum atomic E-state index is 11.5. The van der Waals surface area contributed by atoms with E-state index in [0.717, 1.165) is 0 Å². The summed E-state index contributed by atoms with van der Waals surface area (Å²) < 4.78 is 6.61. The molecule has 0 bridgehead atoms. The largest absolute Gasteiger partial charge is 0.487 e. The van der Waals surface area contributed by atoms with E-state index in [9.17, 15) is 4.79 Å². The molecule has 0 aliphatic rings. The van der Waals surface area contributed by atoms with Gasteiger partial charge in [-0.15, -0.1) is 0 Å². The Labute approximate surface area is 80.1 Å². The fourth-order valence-electron chi connectivity index (χ4n) is 0.917. The molecule has 0 saturated carbocycles. The van der Waals surface area contributed by atoms with Crippen LogP contribution in [0.5, 0.6) is 5.75 Å². The highest BCUT2D eigenvalue weighted by molar-refractivity contribution is 7.71. The number of nitrogens with zero attached hydrogens (tertiary/aromatic N) is 1. The zero-order valence-corrected chi connectivity index (χ0v) is 8.06. The van der Waals surface area contributed by atoms with Gasteiger partial charge in [-0.2, -0.15) is 0 Å². The second kappa shape index (κ2) is 4.20. The molecule has 0 spiro atoms. The molecule has 13 heavy (non-hydrogen) atoms. The average Bonchev–Trinajstić information content (AvgIpc) is 2.11. The van der Waals surface area contributed by atoms with E-state index in [2.05, 4.69) is 4.98 Å². The van der Waals surface area contributed by atoms with Crippen LogP contribution in [0.1, 0.15) is 6.92 Å². The molecular formula is C7H11N3O2S. The zero-order chi connectivity index (χ0) is 9.84. The standard InChI is InChI=1S/C7H11N3O2S/c1-2-12-5-3-9-7(13)10(4-8)6(5)11/h3H,2,4,8H2,1H3,(H,9,13). The highest BCUT2D eigenvalue weighted by Gasteiger charge is 2.03. The fraction of sp³-hybridized carbons (Fsp3) is 0.429. The molecule has 6 heteroatoms. The van der Waals surface area contributed by atoms with Crippen LogP contribution in [-0.2, 0) is 6.67 Å². The topological polar surface area (TPSA) is 73.0 Å². The van der Waals surface area contributed by atoms with Crippen molar-refractivity contribution < 1.29 is 4.74 Å². The Kier molecular flexibility index (Phi) is 3.21. The third kappa shape index (κ3) is 1.96. The van der Waals surface area contributed by atoms with E-state index >= 15 is 0 Å². The van der Waals surface area contributed by atoms with Crippen molar-refractivity contribution in [1.82, 2.24) is 9.55 Å². The Balaban J connectivity index is 3.28. The van der Waals surface area contributed by atoms with Gasteiger partial charge in [0.1, 0.15) is 0 Å². The van der Waals surface area contributed by atoms with Crippen LogP contribution in [0.3, 0.4) is 0 Å². The van der Waals surface area contributed by atoms with Crippen molar-refractivity contribution >= 4 is 12.2 Å². The van der Waals surface area contributed by atoms with Crippen LogP contribution in [0.25, 0.3) is 0 Å². The van der Waals surface area contributed by atoms with Crippen molar-refractivity contribution in [3.8, 4) is 5.75 Å². The van der Waals surface area contributed by atoms with Crippen LogP contribution in [0.2, 0.25) is 0 Å². The molecule has 0 aliphatic heterocycles. The first kappa shape index (κ1) is 9.94. The summed E-state index contributed by atoms with van der Waals surface area (Å²) >= 11 is 4.85. The predicted octanol–water partition coefficient (Wildman–Crippen LogP) is 0.221. The highest BCUT2D eigenvalue weighted by Crippen LogP contribution is 1.99. The normalized spacial score (nSPS) is 10.0. The van der Waals surface area contributed by atoms with Gasteiger partial charge in [0.15, 0.2) is 4.77 Å². The third-order valence-electron chi connectivity index (χ3n) is 1.51. The number of ether oxygens (including phenoxy) is 1. The molecule has 1 heterocycles. The molecular weight excluding hydrogens is 190 g/mol. The fourth-order valence-corrected chi connectivity index (χ4v) is 1.13. The quantitative estimate of drug-likeness (QED) is 0.686. The summed E-state index contributed by atoms with van der Waals surface area (Å²) in [6.07, 6.45) is 1.44. The second-order valence-corrected chi connectivity index (χ2v) is 2.69. The average molecular weight is 201 g/mol. The predicted molar refractivity (Wildman–Crippen MR) is 51.2 cm³/mol. The number of hydrogen-bond acceptors (Lipinski definition) is 4. The van der Waals surface area contributed by atoms with Crippen LogP contribution in [0, 0.1) is 4.77 Å². The summed E-state index contributed by atoms with van der Waals surface area (Å²) in [5.41, 5.74) is 5.04. The van der Waals surface area contributed by atoms with Gasteiger partial charge in [0, 0.05) is 0 Å². The monoisotopic (exact) mass is 201 g/mol. The van der Waals surface area contributed by atoms with E-state index in [1.807, 2.05) is 0 Å². The van der Waals surface area contributed by atoms with Crippen LogP contribution in [0.4, 0.5) is 0 Å². The van der Waals surface area contributed by atoms with E-state index in [1.165, 1.54) is 10.8 Å². The lowest BCUT2D eigenvalue weighted by atomic mass is 10.5. The van der Waals surface area contributed by atoms with Crippen molar-refractivity contribution in [1.29, 1.82) is 0 Å². The Morgan fingerprint density at radius 1 is 1.77 bits per heavy atom. The summed E-state index contributed by atoms with van der Waals surface area (Å²) in [6.45, 7) is 2.29. The molecule has 0 aromatic carbocycles. The molecule has 0 saturated heterocycles. The highest BCUT2D eigenvalue weighted by atomic mass is 32.1. The number of hydrogen-bond donors (Lipinski definition) is 2. The Bertz CT molecular complexity index is 395. The molecule has 1 aromatic rings. The molecule has 72 valence electrons. The van der Waals surface area contributed by atoms with Crippen LogP contribution >= 0.6 is 12.2 Å². The van der Waals surface area contributed by atoms with Crippen LogP contribution in [-0.4, -0.2) is 16.2 Å². The first-order chi connectivity index (χ1) is 6.20. The summed E-state index contributed by atoms with van der Waals surface area (Å²) in [4.78, 5) is 14.2. The summed E-state index contributed by atoms with van der Waals surface area (Å²) in [7, 11) is 0. The minimum Gasteiger partial charge on any atom is -0.487 e. The number of H-pyrrole nitrogens is 1. The van der Waals surface area contributed by atoms with E-state index in [-0.39, 0.29) is 18.0 Å². The maximum absolute atomic E-state index is 11.5. The van der Waals surface area contributed by atoms with Gasteiger partial charge in [-0.25, -0.2) is 0 Å². The van der Waals surface area contributed by atoms with Gasteiger partial charge < -0.3 is 15.5 Å². The molecule has 0 amide bonds. The number of aromatic nitrogens is 2. The van der Waals surface area contributed by atoms with Crippen molar-refractivity contribution in [2.45, 2.75) is 13.6 Å². The minimum atomic E-state index is -0.298. The van der Waals surface area contributed by atoms with Gasteiger partial charge in [-0.3, -0.25) is 9.36 Å². The second-order valence-electron chi connectivity index (χ2n) is 2.31. The Hall–Kier alpha value is -1.14. The Morgan fingerprint density at radius 2 is 2.46 bits per heavy atom. The molecule has 3 N–H and O–H groups in total. The van der Waals surface area contributed by atoms with Gasteiger partial charge in [0.05, 0.1) is 19.5 Å². The van der Waals surface area contributed by atoms with Crippen molar-refractivity contribution in [2.24, 2.45) is 5.73 Å². The van der Waals surface area contributed by atoms with Crippen molar-refractivity contribution in [2.75, 3.05) is 6.61 Å². The van der Waals surface area contributed by atoms with E-state index in [0.29, 0.717) is 11.4 Å². The van der Waals surface area contributed by atoms with E-state index in [1.54, 1.807) is 6.92 Å². The summed E-state index contributed by atoms with van der Waals surface area (Å²) in [6, 6.07) is 0. The van der Waals surface area contributed by atoms with Crippen molar-refractivity contribution in [3.63, 3.8) is 0 Å². The molecule has 5 nitrogen and oxygen atoms in total. The Morgan fingerprint density at radius 3 is 3.00 bits per heavy atom. The van der Waals surface area contributed by atoms with Crippen LogP contribution in [0.15, 0.2) is 11.0 Å². The van der Waals surface area contributed by atoms with Crippen molar-refractivity contribution in [3.05, 3.63) is 21.3 Å². The number of aromatic amines is 1. The smallest absolute Gasteiger partial charge is 0.297 e. The third-order valence-corrected chi connectivity index (χ3v) is 1.85. The lowest BCUT2D eigenvalue weighted by Gasteiger charge is -2.05. The SMILES string of the molecule is CCOc1c[nH]c(=S)n(CN)c1=O. The molecule has 1 rings (SSSR count). The number of nitrogens with one attached hydrogen (secondary N) is 1. The first-order valence-electron chi connectivity index (χ1n) is 3.86. The van der Waals surface area contributed by atoms with E-state index < -0.39 is 0 Å². The van der Waals surface area contributed by atoms with Gasteiger partial charge in [0.25, 0.3) is 5.56 Å². The number of nitrogens with two attached hydrogens (primary N) is 1. The summed E-state index contributed by atoms with van der Waals surface area (Å²) in [5.74, 6) is 0.238. The minimum absolute atomic E-state index is 0.0507. The van der Waals surface area contributed by atoms with Gasteiger partial charge in [-0.1, -0.05) is 0 Å². The first-order valence-corrected chi connectivity index (χ1v) is 4.27. The van der Waals surface area contributed by atoms with Gasteiger partial charge in [0.2, 0.25) is 5.75 Å². The molecule has 0 fully saturated rings. The summed E-state index contributed by atoms with van der Waals surface area (Å²) in [5, 5.41) is 0. The zero-order valence-electron chi connectivity index (χ0n) is 7.24. The molecule has 0 atom stereocenters. The maximum Gasteiger partial charge on any atom is 0.297 e. The number of rotatable bonds is 3. The van der Waals surface area contributed by atoms with Gasteiger partial charge >= 0.3 is 0 Å². The molecule has 0 unspecified atom stereocenters. The van der Waals surface area contributed by atoms with Crippen LogP contribution < -0.4 is 16.0 Å². The van der Waals surface area contributed by atoms with Gasteiger partial charge in [-0.05, 0) is 19.1 Å².